The minimum absolute atomic E-state index is 0.125. The first-order valence-electron chi connectivity index (χ1n) is 8.40. The highest BCUT2D eigenvalue weighted by Crippen LogP contribution is 2.26. The molecule has 3 aromatic carbocycles. The highest BCUT2D eigenvalue weighted by Gasteiger charge is 2.20. The Bertz CT molecular complexity index is 1170. The second-order valence-electron chi connectivity index (χ2n) is 6.04. The van der Waals surface area contributed by atoms with Crippen LogP contribution < -0.4 is 10.0 Å². The number of aromatic hydroxyl groups is 1. The van der Waals surface area contributed by atoms with Crippen LogP contribution in [0.3, 0.4) is 0 Å². The highest BCUT2D eigenvalue weighted by atomic mass is 35.5. The first kappa shape index (κ1) is 20.6. The van der Waals surface area contributed by atoms with Crippen molar-refractivity contribution in [2.45, 2.75) is 11.4 Å². The van der Waals surface area contributed by atoms with E-state index >= 15 is 0 Å². The van der Waals surface area contributed by atoms with Crippen molar-refractivity contribution in [3.05, 3.63) is 88.7 Å². The van der Waals surface area contributed by atoms with Gasteiger partial charge in [0.15, 0.2) is 0 Å². The average molecular weight is 435 g/mol. The van der Waals surface area contributed by atoms with Crippen LogP contribution in [0.5, 0.6) is 5.75 Å². The van der Waals surface area contributed by atoms with Crippen LogP contribution in [0.4, 0.5) is 10.1 Å². The van der Waals surface area contributed by atoms with E-state index in [1.807, 2.05) is 0 Å². The van der Waals surface area contributed by atoms with Crippen LogP contribution in [0.15, 0.2) is 71.6 Å². The Kier molecular flexibility index (Phi) is 6.05. The lowest BCUT2D eigenvalue weighted by Gasteiger charge is -2.12. The third-order valence-corrected chi connectivity index (χ3v) is 5.73. The molecule has 0 spiro atoms. The molecular weight excluding hydrogens is 419 g/mol. The molecule has 0 unspecified atom stereocenters. The molecule has 0 radical (unpaired) electrons. The number of sulfonamides is 1. The van der Waals surface area contributed by atoms with E-state index in [0.29, 0.717) is 0 Å². The van der Waals surface area contributed by atoms with Gasteiger partial charge in [0.25, 0.3) is 15.9 Å². The number of nitrogens with one attached hydrogen (secondary N) is 2. The van der Waals surface area contributed by atoms with E-state index in [1.54, 1.807) is 18.2 Å². The largest absolute Gasteiger partial charge is 0.507 e. The molecule has 3 rings (SSSR count). The molecule has 6 nitrogen and oxygen atoms in total. The summed E-state index contributed by atoms with van der Waals surface area (Å²) in [5.41, 5.74) is 0.167. The van der Waals surface area contributed by atoms with E-state index in [0.717, 1.165) is 18.2 Å². The monoisotopic (exact) mass is 434 g/mol. The predicted octanol–water partition coefficient (Wildman–Crippen LogP) is 3.92. The minimum atomic E-state index is -4.07. The van der Waals surface area contributed by atoms with Crippen molar-refractivity contribution < 1.29 is 22.7 Å². The van der Waals surface area contributed by atoms with Gasteiger partial charge < -0.3 is 10.4 Å². The Hall–Kier alpha value is -3.10. The summed E-state index contributed by atoms with van der Waals surface area (Å²) < 4.78 is 41.3. The van der Waals surface area contributed by atoms with Crippen molar-refractivity contribution in [2.75, 3.05) is 4.72 Å². The number of benzene rings is 3. The van der Waals surface area contributed by atoms with E-state index in [4.69, 9.17) is 11.6 Å². The fourth-order valence-corrected chi connectivity index (χ4v) is 3.87. The molecule has 3 N–H and O–H groups in total. The van der Waals surface area contributed by atoms with Gasteiger partial charge in [0.05, 0.1) is 21.2 Å². The molecule has 150 valence electrons. The molecule has 0 aromatic heterocycles. The van der Waals surface area contributed by atoms with Gasteiger partial charge in [-0.15, -0.1) is 0 Å². The van der Waals surface area contributed by atoms with Crippen molar-refractivity contribution in [3.63, 3.8) is 0 Å². The van der Waals surface area contributed by atoms with Crippen LogP contribution in [-0.4, -0.2) is 19.4 Å². The Morgan fingerprint density at radius 1 is 1.03 bits per heavy atom. The summed E-state index contributed by atoms with van der Waals surface area (Å²) in [6, 6.07) is 15.5. The Morgan fingerprint density at radius 2 is 1.72 bits per heavy atom. The molecule has 0 saturated carbocycles. The predicted molar refractivity (Wildman–Crippen MR) is 108 cm³/mol. The van der Waals surface area contributed by atoms with E-state index in [2.05, 4.69) is 10.0 Å². The van der Waals surface area contributed by atoms with E-state index in [-0.39, 0.29) is 33.3 Å². The van der Waals surface area contributed by atoms with Crippen LogP contribution in [0, 0.1) is 5.82 Å². The van der Waals surface area contributed by atoms with Crippen molar-refractivity contribution >= 4 is 33.2 Å². The topological polar surface area (TPSA) is 95.5 Å². The van der Waals surface area contributed by atoms with Gasteiger partial charge in [-0.05, 0) is 36.4 Å². The molecule has 0 saturated heterocycles. The first-order chi connectivity index (χ1) is 13.8. The standard InChI is InChI=1S/C20H16ClFN2O4S/c21-16-6-2-4-8-18(16)24-29(27,28)14-9-10-19(25)15(11-14)20(26)23-12-13-5-1-3-7-17(13)22/h1-11,24-25H,12H2,(H,23,26). The SMILES string of the molecule is O=C(NCc1ccccc1F)c1cc(S(=O)(=O)Nc2ccccc2Cl)ccc1O. The first-order valence-corrected chi connectivity index (χ1v) is 10.3. The van der Waals surface area contributed by atoms with Crippen molar-refractivity contribution in [2.24, 2.45) is 0 Å². The molecule has 0 heterocycles. The molecule has 0 atom stereocenters. The number of hydrogen-bond acceptors (Lipinski definition) is 4. The summed E-state index contributed by atoms with van der Waals surface area (Å²) in [7, 11) is -4.07. The molecule has 0 fully saturated rings. The maximum Gasteiger partial charge on any atom is 0.261 e. The van der Waals surface area contributed by atoms with Crippen molar-refractivity contribution in [3.8, 4) is 5.75 Å². The van der Waals surface area contributed by atoms with Crippen LogP contribution in [0.25, 0.3) is 0 Å². The zero-order valence-electron chi connectivity index (χ0n) is 14.9. The third-order valence-electron chi connectivity index (χ3n) is 4.04. The van der Waals surface area contributed by atoms with E-state index < -0.39 is 27.5 Å². The number of rotatable bonds is 6. The van der Waals surface area contributed by atoms with Crippen molar-refractivity contribution in [1.29, 1.82) is 0 Å². The third kappa shape index (κ3) is 4.85. The number of halogens is 2. The average Bonchev–Trinajstić information content (AvgIpc) is 2.69. The zero-order valence-corrected chi connectivity index (χ0v) is 16.5. The molecule has 0 bridgehead atoms. The number of phenolic OH excluding ortho intramolecular Hbond substituents is 1. The number of phenols is 1. The van der Waals surface area contributed by atoms with E-state index in [1.165, 1.54) is 30.3 Å². The molecule has 1 amide bonds. The zero-order chi connectivity index (χ0) is 21.0. The lowest BCUT2D eigenvalue weighted by Crippen LogP contribution is -2.24. The maximum atomic E-state index is 13.7. The summed E-state index contributed by atoms with van der Waals surface area (Å²) >= 11 is 5.98. The molecule has 0 aliphatic rings. The van der Waals surface area contributed by atoms with E-state index in [9.17, 15) is 22.7 Å². The molecule has 29 heavy (non-hydrogen) atoms. The Labute approximate surface area is 172 Å². The van der Waals surface area contributed by atoms with Gasteiger partial charge in [-0.3, -0.25) is 9.52 Å². The molecule has 0 aliphatic carbocycles. The fourth-order valence-electron chi connectivity index (χ4n) is 2.52. The fraction of sp³-hybridized carbons (Fsp3) is 0.0500. The minimum Gasteiger partial charge on any atom is -0.507 e. The highest BCUT2D eigenvalue weighted by molar-refractivity contribution is 7.92. The number of para-hydroxylation sites is 1. The second-order valence-corrected chi connectivity index (χ2v) is 8.13. The number of carbonyl (C=O) groups is 1. The van der Waals surface area contributed by atoms with Gasteiger partial charge in [0, 0.05) is 12.1 Å². The summed E-state index contributed by atoms with van der Waals surface area (Å²) in [5, 5.41) is 12.7. The normalized spacial score (nSPS) is 11.1. The lowest BCUT2D eigenvalue weighted by atomic mass is 10.1. The van der Waals surface area contributed by atoms with Gasteiger partial charge in [-0.25, -0.2) is 12.8 Å². The maximum absolute atomic E-state index is 13.7. The van der Waals surface area contributed by atoms with Gasteiger partial charge in [-0.1, -0.05) is 41.9 Å². The number of anilines is 1. The van der Waals surface area contributed by atoms with Gasteiger partial charge in [0.1, 0.15) is 11.6 Å². The quantitative estimate of drug-likeness (QED) is 0.548. The summed E-state index contributed by atoms with van der Waals surface area (Å²) in [6.07, 6.45) is 0. The summed E-state index contributed by atoms with van der Waals surface area (Å²) in [4.78, 5) is 12.2. The second kappa shape index (κ2) is 8.50. The summed E-state index contributed by atoms with van der Waals surface area (Å²) in [6.45, 7) is -0.125. The number of amides is 1. The van der Waals surface area contributed by atoms with Gasteiger partial charge >= 0.3 is 0 Å². The molecule has 3 aromatic rings. The van der Waals surface area contributed by atoms with Gasteiger partial charge in [-0.2, -0.15) is 0 Å². The Balaban J connectivity index is 1.82. The smallest absolute Gasteiger partial charge is 0.261 e. The Morgan fingerprint density at radius 3 is 2.45 bits per heavy atom. The van der Waals surface area contributed by atoms with Crippen LogP contribution >= 0.6 is 11.6 Å². The molecule has 0 aliphatic heterocycles. The van der Waals surface area contributed by atoms with Crippen molar-refractivity contribution in [1.82, 2.24) is 5.32 Å². The van der Waals surface area contributed by atoms with Crippen LogP contribution in [0.1, 0.15) is 15.9 Å². The van der Waals surface area contributed by atoms with Gasteiger partial charge in [0.2, 0.25) is 0 Å². The summed E-state index contributed by atoms with van der Waals surface area (Å²) in [5.74, 6) is -1.65. The lowest BCUT2D eigenvalue weighted by molar-refractivity contribution is 0.0947. The van der Waals surface area contributed by atoms with Crippen LogP contribution in [0.2, 0.25) is 5.02 Å². The number of hydrogen-bond donors (Lipinski definition) is 3. The number of carbonyl (C=O) groups excluding carboxylic acids is 1. The van der Waals surface area contributed by atoms with Crippen LogP contribution in [-0.2, 0) is 16.6 Å². The molecule has 9 heteroatoms. The molecular formula is C20H16ClFN2O4S.